The van der Waals surface area contributed by atoms with E-state index >= 15 is 0 Å². The molecular formula is C15H19N3O2S. The van der Waals surface area contributed by atoms with Crippen LogP contribution in [0.1, 0.15) is 20.3 Å². The Morgan fingerprint density at radius 1 is 1.38 bits per heavy atom. The molecule has 0 aliphatic carbocycles. The number of nitrogens with two attached hydrogens (primary N) is 1. The Hall–Kier alpha value is -1.82. The van der Waals surface area contributed by atoms with Crippen LogP contribution in [0.4, 0.5) is 0 Å². The second-order valence-corrected chi connectivity index (χ2v) is 6.35. The minimum absolute atomic E-state index is 0.0316. The highest BCUT2D eigenvalue weighted by Gasteiger charge is 2.12. The van der Waals surface area contributed by atoms with Crippen molar-refractivity contribution < 1.29 is 4.79 Å². The summed E-state index contributed by atoms with van der Waals surface area (Å²) in [5.41, 5.74) is 5.81. The summed E-state index contributed by atoms with van der Waals surface area (Å²) >= 11 is 1.40. The van der Waals surface area contributed by atoms with E-state index < -0.39 is 0 Å². The summed E-state index contributed by atoms with van der Waals surface area (Å²) in [5.74, 6) is 0.514. The smallest absolute Gasteiger partial charge is 0.262 e. The number of para-hydroxylation sites is 1. The van der Waals surface area contributed by atoms with Gasteiger partial charge >= 0.3 is 0 Å². The normalized spacial score (nSPS) is 11.2. The van der Waals surface area contributed by atoms with Crippen LogP contribution in [0.25, 0.3) is 10.9 Å². The lowest BCUT2D eigenvalue weighted by atomic mass is 10.2. The number of carbonyl (C=O) groups excluding carboxylic acids is 1. The number of thioether (sulfide) groups is 1. The van der Waals surface area contributed by atoms with Gasteiger partial charge in [-0.2, -0.15) is 0 Å². The fourth-order valence-electron chi connectivity index (χ4n) is 2.03. The van der Waals surface area contributed by atoms with Crippen molar-refractivity contribution in [2.75, 3.05) is 5.75 Å². The molecule has 0 atom stereocenters. The highest BCUT2D eigenvalue weighted by molar-refractivity contribution is 7.99. The Bertz CT molecular complexity index is 710. The first kappa shape index (κ1) is 15.6. The van der Waals surface area contributed by atoms with Gasteiger partial charge in [-0.3, -0.25) is 14.2 Å². The predicted octanol–water partition coefficient (Wildman–Crippen LogP) is 2.02. The highest BCUT2D eigenvalue weighted by atomic mass is 32.2. The average Bonchev–Trinajstić information content (AvgIpc) is 2.42. The van der Waals surface area contributed by atoms with E-state index in [0.29, 0.717) is 34.3 Å². The molecule has 0 saturated heterocycles. The van der Waals surface area contributed by atoms with Crippen molar-refractivity contribution in [3.05, 3.63) is 34.6 Å². The maximum absolute atomic E-state index is 12.6. The number of rotatable bonds is 6. The van der Waals surface area contributed by atoms with Crippen LogP contribution < -0.4 is 11.3 Å². The molecular weight excluding hydrogens is 286 g/mol. The molecule has 21 heavy (non-hydrogen) atoms. The van der Waals surface area contributed by atoms with Crippen molar-refractivity contribution in [2.45, 2.75) is 32.0 Å². The zero-order valence-corrected chi connectivity index (χ0v) is 13.0. The minimum Gasteiger partial charge on any atom is -0.370 e. The molecule has 0 fully saturated rings. The number of aromatic nitrogens is 2. The molecule has 2 rings (SSSR count). The van der Waals surface area contributed by atoms with Gasteiger partial charge in [0.2, 0.25) is 5.91 Å². The second kappa shape index (κ2) is 6.76. The molecule has 0 bridgehead atoms. The molecule has 0 saturated carbocycles. The predicted molar refractivity (Wildman–Crippen MR) is 85.4 cm³/mol. The number of hydrogen-bond acceptors (Lipinski definition) is 4. The number of nitrogens with zero attached hydrogens (tertiary/aromatic N) is 2. The molecule has 5 nitrogen and oxygen atoms in total. The van der Waals surface area contributed by atoms with Crippen LogP contribution in [0, 0.1) is 5.92 Å². The molecule has 1 aromatic heterocycles. The highest BCUT2D eigenvalue weighted by Crippen LogP contribution is 2.19. The van der Waals surface area contributed by atoms with E-state index in [4.69, 9.17) is 5.73 Å². The van der Waals surface area contributed by atoms with E-state index in [1.807, 2.05) is 18.2 Å². The number of carbonyl (C=O) groups is 1. The molecule has 0 aliphatic rings. The molecule has 0 aliphatic heterocycles. The molecule has 0 unspecified atom stereocenters. The van der Waals surface area contributed by atoms with E-state index in [2.05, 4.69) is 18.8 Å². The van der Waals surface area contributed by atoms with Crippen LogP contribution in [0.15, 0.2) is 34.2 Å². The largest absolute Gasteiger partial charge is 0.370 e. The molecule has 2 aromatic rings. The van der Waals surface area contributed by atoms with Gasteiger partial charge in [0, 0.05) is 18.7 Å². The molecule has 2 N–H and O–H groups in total. The monoisotopic (exact) mass is 305 g/mol. The van der Waals surface area contributed by atoms with E-state index in [9.17, 15) is 9.59 Å². The maximum Gasteiger partial charge on any atom is 0.262 e. The lowest BCUT2D eigenvalue weighted by Gasteiger charge is -2.14. The molecule has 1 amide bonds. The number of primary amides is 1. The Labute approximate surface area is 127 Å². The summed E-state index contributed by atoms with van der Waals surface area (Å²) in [5, 5.41) is 1.27. The summed E-state index contributed by atoms with van der Waals surface area (Å²) in [6.07, 6.45) is 0.273. The van der Waals surface area contributed by atoms with E-state index in [0.717, 1.165) is 0 Å². The van der Waals surface area contributed by atoms with Crippen molar-refractivity contribution in [2.24, 2.45) is 11.7 Å². The topological polar surface area (TPSA) is 78.0 Å². The first-order valence-electron chi connectivity index (χ1n) is 6.89. The Morgan fingerprint density at radius 3 is 2.76 bits per heavy atom. The van der Waals surface area contributed by atoms with Gasteiger partial charge in [-0.05, 0) is 18.1 Å². The van der Waals surface area contributed by atoms with Crippen LogP contribution in [0.3, 0.4) is 0 Å². The lowest BCUT2D eigenvalue weighted by molar-refractivity contribution is -0.117. The van der Waals surface area contributed by atoms with Crippen LogP contribution in [0.2, 0.25) is 0 Å². The number of fused-ring (bicyclic) bond motifs is 1. The Kier molecular flexibility index (Phi) is 5.01. The molecule has 0 spiro atoms. The van der Waals surface area contributed by atoms with Crippen molar-refractivity contribution in [1.82, 2.24) is 9.55 Å². The quantitative estimate of drug-likeness (QED) is 0.654. The summed E-state index contributed by atoms with van der Waals surface area (Å²) < 4.78 is 1.69. The van der Waals surface area contributed by atoms with E-state index in [1.165, 1.54) is 11.8 Å². The third kappa shape index (κ3) is 3.85. The third-order valence-corrected chi connectivity index (χ3v) is 3.93. The maximum atomic E-state index is 12.6. The van der Waals surface area contributed by atoms with E-state index in [1.54, 1.807) is 10.6 Å². The van der Waals surface area contributed by atoms with Crippen molar-refractivity contribution >= 4 is 28.6 Å². The fraction of sp³-hybridized carbons (Fsp3) is 0.400. The molecule has 112 valence electrons. The zero-order chi connectivity index (χ0) is 15.4. The SMILES string of the molecule is CC(C)Cn1c(SCCC(N)=O)nc2ccccc2c1=O. The van der Waals surface area contributed by atoms with E-state index in [-0.39, 0.29) is 17.9 Å². The Morgan fingerprint density at radius 2 is 2.10 bits per heavy atom. The van der Waals surface area contributed by atoms with Crippen molar-refractivity contribution in [1.29, 1.82) is 0 Å². The number of hydrogen-bond donors (Lipinski definition) is 1. The van der Waals surface area contributed by atoms with Crippen molar-refractivity contribution in [3.63, 3.8) is 0 Å². The van der Waals surface area contributed by atoms with Gasteiger partial charge in [-0.25, -0.2) is 4.98 Å². The Balaban J connectivity index is 2.44. The van der Waals surface area contributed by atoms with Gasteiger partial charge < -0.3 is 5.73 Å². The molecule has 0 radical (unpaired) electrons. The lowest BCUT2D eigenvalue weighted by Crippen LogP contribution is -2.25. The average molecular weight is 305 g/mol. The standard InChI is InChI=1S/C15H19N3O2S/c1-10(2)9-18-14(20)11-5-3-4-6-12(11)17-15(18)21-8-7-13(16)19/h3-6,10H,7-9H2,1-2H3,(H2,16,19). The van der Waals surface area contributed by atoms with Gasteiger partial charge in [0.05, 0.1) is 10.9 Å². The van der Waals surface area contributed by atoms with Crippen LogP contribution >= 0.6 is 11.8 Å². The van der Waals surface area contributed by atoms with Crippen molar-refractivity contribution in [3.8, 4) is 0 Å². The first-order chi connectivity index (χ1) is 9.99. The van der Waals surface area contributed by atoms with Gasteiger partial charge in [0.15, 0.2) is 5.16 Å². The summed E-state index contributed by atoms with van der Waals surface area (Å²) in [6, 6.07) is 7.32. The third-order valence-electron chi connectivity index (χ3n) is 2.95. The van der Waals surface area contributed by atoms with Crippen LogP contribution in [0.5, 0.6) is 0 Å². The van der Waals surface area contributed by atoms with Crippen LogP contribution in [-0.4, -0.2) is 21.2 Å². The first-order valence-corrected chi connectivity index (χ1v) is 7.88. The molecule has 6 heteroatoms. The zero-order valence-electron chi connectivity index (χ0n) is 12.2. The summed E-state index contributed by atoms with van der Waals surface area (Å²) in [6.45, 7) is 4.72. The summed E-state index contributed by atoms with van der Waals surface area (Å²) in [4.78, 5) is 28.0. The number of benzene rings is 1. The second-order valence-electron chi connectivity index (χ2n) is 5.29. The minimum atomic E-state index is -0.346. The van der Waals surface area contributed by atoms with Gasteiger partial charge in [-0.15, -0.1) is 0 Å². The summed E-state index contributed by atoms with van der Waals surface area (Å²) in [7, 11) is 0. The van der Waals surface area contributed by atoms with Gasteiger partial charge in [0.1, 0.15) is 0 Å². The van der Waals surface area contributed by atoms with Gasteiger partial charge in [0.25, 0.3) is 5.56 Å². The fourth-order valence-corrected chi connectivity index (χ4v) is 2.99. The number of amides is 1. The van der Waals surface area contributed by atoms with Gasteiger partial charge in [-0.1, -0.05) is 37.7 Å². The molecule has 1 aromatic carbocycles. The van der Waals surface area contributed by atoms with Crippen LogP contribution in [-0.2, 0) is 11.3 Å². The molecule has 1 heterocycles.